The van der Waals surface area contributed by atoms with Crippen molar-refractivity contribution in [2.75, 3.05) is 13.2 Å². The SMILES string of the molecule is CCOC(=O)C1=C([C@H]2CCCO2)S[C@H]([C@H](C(=O)O)[C@@H](C)O)N1. The number of esters is 1. The Morgan fingerprint density at radius 2 is 2.27 bits per heavy atom. The maximum atomic E-state index is 12.1. The lowest BCUT2D eigenvalue weighted by Gasteiger charge is -2.22. The molecule has 124 valence electrons. The van der Waals surface area contributed by atoms with Gasteiger partial charge in [-0.2, -0.15) is 0 Å². The molecule has 0 unspecified atom stereocenters. The highest BCUT2D eigenvalue weighted by molar-refractivity contribution is 8.04. The fourth-order valence-corrected chi connectivity index (χ4v) is 4.11. The number of ether oxygens (including phenoxy) is 2. The lowest BCUT2D eigenvalue weighted by atomic mass is 10.0. The summed E-state index contributed by atoms with van der Waals surface area (Å²) >= 11 is 1.24. The number of carboxylic acid groups (broad SMARTS) is 1. The first-order valence-corrected chi connectivity index (χ1v) is 8.20. The third-order valence-corrected chi connectivity index (χ3v) is 5.01. The number of hydrogen-bond donors (Lipinski definition) is 3. The maximum Gasteiger partial charge on any atom is 0.355 e. The van der Waals surface area contributed by atoms with E-state index in [2.05, 4.69) is 5.32 Å². The summed E-state index contributed by atoms with van der Waals surface area (Å²) in [6.07, 6.45) is 0.417. The normalized spacial score (nSPS) is 27.4. The fourth-order valence-electron chi connectivity index (χ4n) is 2.57. The van der Waals surface area contributed by atoms with E-state index in [0.717, 1.165) is 12.8 Å². The second-order valence-electron chi connectivity index (χ2n) is 5.25. The predicted molar refractivity (Wildman–Crippen MR) is 80.0 cm³/mol. The van der Waals surface area contributed by atoms with Gasteiger partial charge in [0, 0.05) is 11.5 Å². The van der Waals surface area contributed by atoms with E-state index in [9.17, 15) is 19.8 Å². The summed E-state index contributed by atoms with van der Waals surface area (Å²) in [5.41, 5.74) is 0.260. The van der Waals surface area contributed by atoms with Gasteiger partial charge < -0.3 is 25.0 Å². The molecule has 2 aliphatic rings. The first kappa shape index (κ1) is 17.1. The Bertz CT molecular complexity index is 472. The van der Waals surface area contributed by atoms with Crippen LogP contribution in [0.1, 0.15) is 26.7 Å². The lowest BCUT2D eigenvalue weighted by molar-refractivity contribution is -0.146. The summed E-state index contributed by atoms with van der Waals surface area (Å²) in [7, 11) is 0. The second-order valence-corrected chi connectivity index (χ2v) is 6.43. The minimum atomic E-state index is -1.11. The van der Waals surface area contributed by atoms with E-state index in [1.807, 2.05) is 0 Å². The third-order valence-electron chi connectivity index (χ3n) is 3.62. The number of nitrogens with one attached hydrogen (secondary N) is 1. The molecule has 3 N–H and O–H groups in total. The van der Waals surface area contributed by atoms with Gasteiger partial charge in [-0.1, -0.05) is 11.8 Å². The van der Waals surface area contributed by atoms with Crippen molar-refractivity contribution in [3.8, 4) is 0 Å². The molecule has 1 fully saturated rings. The molecule has 0 spiro atoms. The van der Waals surface area contributed by atoms with Crippen LogP contribution in [0.25, 0.3) is 0 Å². The van der Waals surface area contributed by atoms with E-state index in [4.69, 9.17) is 9.47 Å². The van der Waals surface area contributed by atoms with Crippen LogP contribution in [0.4, 0.5) is 0 Å². The number of rotatable bonds is 6. The topological polar surface area (TPSA) is 105 Å². The molecule has 22 heavy (non-hydrogen) atoms. The molecular weight excluding hydrogens is 310 g/mol. The van der Waals surface area contributed by atoms with Crippen LogP contribution in [0, 0.1) is 5.92 Å². The molecule has 4 atom stereocenters. The minimum Gasteiger partial charge on any atom is -0.481 e. The van der Waals surface area contributed by atoms with Crippen molar-refractivity contribution >= 4 is 23.7 Å². The van der Waals surface area contributed by atoms with Gasteiger partial charge >= 0.3 is 11.9 Å². The molecule has 0 aromatic heterocycles. The molecule has 0 bridgehead atoms. The molecule has 0 aromatic carbocycles. The molecule has 0 radical (unpaired) electrons. The Hall–Kier alpha value is -1.25. The highest BCUT2D eigenvalue weighted by Crippen LogP contribution is 2.41. The average Bonchev–Trinajstić information content (AvgIpc) is 3.06. The van der Waals surface area contributed by atoms with Gasteiger partial charge in [-0.3, -0.25) is 4.79 Å². The zero-order valence-electron chi connectivity index (χ0n) is 12.6. The van der Waals surface area contributed by atoms with Gasteiger partial charge in [0.2, 0.25) is 0 Å². The zero-order chi connectivity index (χ0) is 16.3. The number of aliphatic carboxylic acids is 1. The fraction of sp³-hybridized carbons (Fsp3) is 0.714. The first-order valence-electron chi connectivity index (χ1n) is 7.32. The summed E-state index contributed by atoms with van der Waals surface area (Å²) in [4.78, 5) is 24.2. The predicted octanol–water partition coefficient (Wildman–Crippen LogP) is 0.684. The quantitative estimate of drug-likeness (QED) is 0.611. The number of carbonyl (C=O) groups is 2. The van der Waals surface area contributed by atoms with Crippen LogP contribution in [0.5, 0.6) is 0 Å². The van der Waals surface area contributed by atoms with Crippen LogP contribution >= 0.6 is 11.8 Å². The van der Waals surface area contributed by atoms with Crippen molar-refractivity contribution in [3.63, 3.8) is 0 Å². The molecule has 0 aliphatic carbocycles. The highest BCUT2D eigenvalue weighted by Gasteiger charge is 2.42. The summed E-state index contributed by atoms with van der Waals surface area (Å²) in [5, 5.41) is 21.3. The molecule has 2 aliphatic heterocycles. The van der Waals surface area contributed by atoms with Crippen molar-refractivity contribution in [2.24, 2.45) is 5.92 Å². The Morgan fingerprint density at radius 1 is 1.55 bits per heavy atom. The Balaban J connectivity index is 2.22. The van der Waals surface area contributed by atoms with E-state index < -0.39 is 29.3 Å². The van der Waals surface area contributed by atoms with Crippen molar-refractivity contribution < 1.29 is 29.3 Å². The molecule has 2 rings (SSSR count). The number of aliphatic hydroxyl groups excluding tert-OH is 1. The Morgan fingerprint density at radius 3 is 2.77 bits per heavy atom. The Kier molecular flexibility index (Phi) is 5.71. The van der Waals surface area contributed by atoms with Crippen LogP contribution < -0.4 is 5.32 Å². The number of hydrogen-bond acceptors (Lipinski definition) is 7. The van der Waals surface area contributed by atoms with E-state index in [1.54, 1.807) is 6.92 Å². The van der Waals surface area contributed by atoms with Crippen LogP contribution in [-0.4, -0.2) is 52.9 Å². The smallest absolute Gasteiger partial charge is 0.355 e. The number of aliphatic hydroxyl groups is 1. The van der Waals surface area contributed by atoms with Crippen molar-refractivity contribution in [2.45, 2.75) is 44.3 Å². The van der Waals surface area contributed by atoms with Crippen LogP contribution in [0.3, 0.4) is 0 Å². The average molecular weight is 331 g/mol. The van der Waals surface area contributed by atoms with Gasteiger partial charge in [0.15, 0.2) is 0 Å². The third kappa shape index (κ3) is 3.56. The lowest BCUT2D eigenvalue weighted by Crippen LogP contribution is -2.41. The highest BCUT2D eigenvalue weighted by atomic mass is 32.2. The molecule has 0 amide bonds. The van der Waals surface area contributed by atoms with Gasteiger partial charge in [-0.05, 0) is 26.7 Å². The van der Waals surface area contributed by atoms with Crippen molar-refractivity contribution in [3.05, 3.63) is 10.6 Å². The van der Waals surface area contributed by atoms with Gasteiger partial charge in [0.25, 0.3) is 0 Å². The maximum absolute atomic E-state index is 12.1. The zero-order valence-corrected chi connectivity index (χ0v) is 13.4. The largest absolute Gasteiger partial charge is 0.481 e. The van der Waals surface area contributed by atoms with Crippen molar-refractivity contribution in [1.29, 1.82) is 0 Å². The first-order chi connectivity index (χ1) is 10.5. The molecule has 8 heteroatoms. The molecule has 0 aromatic rings. The minimum absolute atomic E-state index is 0.217. The molecule has 2 heterocycles. The van der Waals surface area contributed by atoms with E-state index >= 15 is 0 Å². The van der Waals surface area contributed by atoms with Crippen LogP contribution in [0.15, 0.2) is 10.6 Å². The summed E-state index contributed by atoms with van der Waals surface area (Å²) in [5.74, 6) is -2.66. The summed E-state index contributed by atoms with van der Waals surface area (Å²) in [6.45, 7) is 3.99. The number of carboxylic acids is 1. The molecular formula is C14H21NO6S. The molecule has 7 nitrogen and oxygen atoms in total. The summed E-state index contributed by atoms with van der Waals surface area (Å²) in [6, 6.07) is 0. The monoisotopic (exact) mass is 331 g/mol. The Labute approximate surface area is 133 Å². The number of thioether (sulfide) groups is 1. The standard InChI is InChI=1S/C14H21NO6S/c1-3-20-14(19)10-11(8-5-4-6-21-8)22-12(15-10)9(7(2)16)13(17)18/h7-9,12,15-16H,3-6H2,1-2H3,(H,17,18)/t7-,8-,9-,12-/m1/s1. The van der Waals surface area contributed by atoms with E-state index in [0.29, 0.717) is 11.5 Å². The van der Waals surface area contributed by atoms with Crippen LogP contribution in [-0.2, 0) is 19.1 Å². The van der Waals surface area contributed by atoms with Gasteiger partial charge in [-0.25, -0.2) is 4.79 Å². The van der Waals surface area contributed by atoms with Gasteiger partial charge in [-0.15, -0.1) is 0 Å². The van der Waals surface area contributed by atoms with E-state index in [-0.39, 0.29) is 18.4 Å². The molecule has 1 saturated heterocycles. The van der Waals surface area contributed by atoms with Gasteiger partial charge in [0.05, 0.1) is 24.2 Å². The summed E-state index contributed by atoms with van der Waals surface area (Å²) < 4.78 is 10.6. The second kappa shape index (κ2) is 7.34. The number of carbonyl (C=O) groups excluding carboxylic acids is 1. The van der Waals surface area contributed by atoms with Crippen LogP contribution in [0.2, 0.25) is 0 Å². The molecule has 0 saturated carbocycles. The van der Waals surface area contributed by atoms with Gasteiger partial charge in [0.1, 0.15) is 11.6 Å². The van der Waals surface area contributed by atoms with Crippen molar-refractivity contribution in [1.82, 2.24) is 5.32 Å². The van der Waals surface area contributed by atoms with E-state index in [1.165, 1.54) is 18.7 Å².